The molecule has 2 atom stereocenters. The van der Waals surface area contributed by atoms with Crippen molar-refractivity contribution in [2.75, 3.05) is 13.2 Å². The van der Waals surface area contributed by atoms with Gasteiger partial charge in [0.1, 0.15) is 6.04 Å². The van der Waals surface area contributed by atoms with Crippen molar-refractivity contribution in [3.63, 3.8) is 0 Å². The third kappa shape index (κ3) is 4.49. The Morgan fingerprint density at radius 2 is 2.16 bits per heavy atom. The normalized spacial score (nSPS) is 18.8. The van der Waals surface area contributed by atoms with Crippen molar-refractivity contribution in [1.29, 1.82) is 0 Å². The molecule has 110 valence electrons. The third-order valence-electron chi connectivity index (χ3n) is 3.50. The lowest BCUT2D eigenvalue weighted by molar-refractivity contribution is -0.138. The Hall–Kier alpha value is -1.10. The standard InChI is InChI=1S/C14H26N2O3/c1-4-12(16-7-5-6-13(16)18)14(19)15-11(9-17)8-10(2)3/h10-12,17H,4-9H2,1-3H3,(H,15,19)/t11-,12+/m0/s1. The fourth-order valence-corrected chi connectivity index (χ4v) is 2.59. The number of aliphatic hydroxyl groups excluding tert-OH is 1. The van der Waals surface area contributed by atoms with Gasteiger partial charge >= 0.3 is 0 Å². The van der Waals surface area contributed by atoms with Crippen molar-refractivity contribution < 1.29 is 14.7 Å². The fourth-order valence-electron chi connectivity index (χ4n) is 2.59. The van der Waals surface area contributed by atoms with Crippen LogP contribution in [0.4, 0.5) is 0 Å². The van der Waals surface area contributed by atoms with E-state index in [0.29, 0.717) is 25.3 Å². The third-order valence-corrected chi connectivity index (χ3v) is 3.50. The molecule has 1 fully saturated rings. The zero-order chi connectivity index (χ0) is 14.4. The first-order chi connectivity index (χ1) is 8.99. The zero-order valence-electron chi connectivity index (χ0n) is 12.2. The van der Waals surface area contributed by atoms with E-state index in [-0.39, 0.29) is 24.5 Å². The van der Waals surface area contributed by atoms with E-state index in [1.165, 1.54) is 0 Å². The average Bonchev–Trinajstić information content (AvgIpc) is 2.75. The Morgan fingerprint density at radius 3 is 2.58 bits per heavy atom. The van der Waals surface area contributed by atoms with Crippen molar-refractivity contribution in [1.82, 2.24) is 10.2 Å². The van der Waals surface area contributed by atoms with Crippen molar-refractivity contribution >= 4 is 11.8 Å². The van der Waals surface area contributed by atoms with Crippen LogP contribution in [0, 0.1) is 5.92 Å². The van der Waals surface area contributed by atoms with Crippen molar-refractivity contribution in [2.45, 2.75) is 58.5 Å². The topological polar surface area (TPSA) is 69.6 Å². The van der Waals surface area contributed by atoms with Gasteiger partial charge in [-0.3, -0.25) is 9.59 Å². The summed E-state index contributed by atoms with van der Waals surface area (Å²) in [7, 11) is 0. The Kier molecular flexibility index (Phi) is 6.28. The predicted octanol–water partition coefficient (Wildman–Crippen LogP) is 0.911. The number of carbonyl (C=O) groups excluding carboxylic acids is 2. The van der Waals surface area contributed by atoms with Crippen LogP contribution < -0.4 is 5.32 Å². The second-order valence-corrected chi connectivity index (χ2v) is 5.63. The summed E-state index contributed by atoms with van der Waals surface area (Å²) in [4.78, 5) is 25.6. The van der Waals surface area contributed by atoms with Crippen LogP contribution >= 0.6 is 0 Å². The maximum absolute atomic E-state index is 12.2. The minimum Gasteiger partial charge on any atom is -0.394 e. The van der Waals surface area contributed by atoms with E-state index < -0.39 is 6.04 Å². The quantitative estimate of drug-likeness (QED) is 0.722. The first kappa shape index (κ1) is 16.0. The highest BCUT2D eigenvalue weighted by Gasteiger charge is 2.32. The molecule has 2 amide bonds. The number of nitrogens with one attached hydrogen (secondary N) is 1. The van der Waals surface area contributed by atoms with E-state index in [2.05, 4.69) is 19.2 Å². The van der Waals surface area contributed by atoms with E-state index >= 15 is 0 Å². The first-order valence-electron chi connectivity index (χ1n) is 7.20. The first-order valence-corrected chi connectivity index (χ1v) is 7.20. The number of aliphatic hydroxyl groups is 1. The molecule has 5 heteroatoms. The number of hydrogen-bond acceptors (Lipinski definition) is 3. The molecule has 1 heterocycles. The molecule has 1 saturated heterocycles. The minimum absolute atomic E-state index is 0.0612. The number of amides is 2. The number of hydrogen-bond donors (Lipinski definition) is 2. The van der Waals surface area contributed by atoms with E-state index in [1.807, 2.05) is 6.92 Å². The highest BCUT2D eigenvalue weighted by Crippen LogP contribution is 2.16. The summed E-state index contributed by atoms with van der Waals surface area (Å²) < 4.78 is 0. The van der Waals surface area contributed by atoms with Gasteiger partial charge in [0.25, 0.3) is 0 Å². The van der Waals surface area contributed by atoms with Gasteiger partial charge in [-0.05, 0) is 25.2 Å². The Balaban J connectivity index is 2.60. The van der Waals surface area contributed by atoms with Crippen molar-refractivity contribution in [3.8, 4) is 0 Å². The molecule has 0 bridgehead atoms. The fraction of sp³-hybridized carbons (Fsp3) is 0.857. The van der Waals surface area contributed by atoms with Crippen LogP contribution in [0.2, 0.25) is 0 Å². The molecule has 0 unspecified atom stereocenters. The second-order valence-electron chi connectivity index (χ2n) is 5.63. The van der Waals surface area contributed by atoms with Gasteiger partial charge in [0.2, 0.25) is 11.8 Å². The van der Waals surface area contributed by atoms with Gasteiger partial charge in [0.05, 0.1) is 12.6 Å². The molecular formula is C14H26N2O3. The van der Waals surface area contributed by atoms with Crippen LogP contribution in [0.15, 0.2) is 0 Å². The minimum atomic E-state index is -0.392. The van der Waals surface area contributed by atoms with Gasteiger partial charge in [0.15, 0.2) is 0 Å². The van der Waals surface area contributed by atoms with Gasteiger partial charge in [-0.25, -0.2) is 0 Å². The molecule has 0 radical (unpaired) electrons. The smallest absolute Gasteiger partial charge is 0.243 e. The maximum Gasteiger partial charge on any atom is 0.243 e. The number of nitrogens with zero attached hydrogens (tertiary/aromatic N) is 1. The Labute approximate surface area is 115 Å². The molecule has 0 saturated carbocycles. The van der Waals surface area contributed by atoms with Crippen LogP contribution in [0.5, 0.6) is 0 Å². The molecule has 0 spiro atoms. The van der Waals surface area contributed by atoms with Gasteiger partial charge in [-0.1, -0.05) is 20.8 Å². The van der Waals surface area contributed by atoms with Crippen molar-refractivity contribution in [3.05, 3.63) is 0 Å². The monoisotopic (exact) mass is 270 g/mol. The highest BCUT2D eigenvalue weighted by molar-refractivity contribution is 5.88. The van der Waals surface area contributed by atoms with Crippen LogP contribution in [0.25, 0.3) is 0 Å². The van der Waals surface area contributed by atoms with E-state index in [0.717, 1.165) is 12.8 Å². The Bertz CT molecular complexity index is 318. The Morgan fingerprint density at radius 1 is 1.47 bits per heavy atom. The molecule has 0 aromatic carbocycles. The van der Waals surface area contributed by atoms with Crippen LogP contribution in [-0.4, -0.2) is 47.1 Å². The number of rotatable bonds is 7. The lowest BCUT2D eigenvalue weighted by Crippen LogP contribution is -2.51. The van der Waals surface area contributed by atoms with E-state index in [1.54, 1.807) is 4.90 Å². The molecule has 1 aliphatic heterocycles. The summed E-state index contributed by atoms with van der Waals surface area (Å²) >= 11 is 0. The van der Waals surface area contributed by atoms with Gasteiger partial charge in [-0.2, -0.15) is 0 Å². The van der Waals surface area contributed by atoms with E-state index in [9.17, 15) is 14.7 Å². The summed E-state index contributed by atoms with van der Waals surface area (Å²) in [6.45, 7) is 6.62. The number of likely N-dealkylation sites (tertiary alicyclic amines) is 1. The molecule has 5 nitrogen and oxygen atoms in total. The molecular weight excluding hydrogens is 244 g/mol. The largest absolute Gasteiger partial charge is 0.394 e. The molecule has 19 heavy (non-hydrogen) atoms. The molecule has 1 aliphatic rings. The van der Waals surface area contributed by atoms with Crippen LogP contribution in [0.3, 0.4) is 0 Å². The van der Waals surface area contributed by atoms with Crippen molar-refractivity contribution in [2.24, 2.45) is 5.92 Å². The lowest BCUT2D eigenvalue weighted by atomic mass is 10.0. The predicted molar refractivity (Wildman–Crippen MR) is 73.5 cm³/mol. The van der Waals surface area contributed by atoms with Gasteiger partial charge < -0.3 is 15.3 Å². The molecule has 0 aromatic heterocycles. The summed E-state index contributed by atoms with van der Waals surface area (Å²) in [5.74, 6) is 0.329. The molecule has 2 N–H and O–H groups in total. The lowest BCUT2D eigenvalue weighted by Gasteiger charge is -2.28. The van der Waals surface area contributed by atoms with Crippen LogP contribution in [-0.2, 0) is 9.59 Å². The zero-order valence-corrected chi connectivity index (χ0v) is 12.2. The summed E-state index contributed by atoms with van der Waals surface area (Å²) in [6.07, 6.45) is 2.72. The molecule has 1 rings (SSSR count). The molecule has 0 aromatic rings. The second kappa shape index (κ2) is 7.48. The number of carbonyl (C=O) groups is 2. The van der Waals surface area contributed by atoms with Crippen LogP contribution in [0.1, 0.15) is 46.5 Å². The van der Waals surface area contributed by atoms with Gasteiger partial charge in [-0.15, -0.1) is 0 Å². The average molecular weight is 270 g/mol. The summed E-state index contributed by atoms with van der Waals surface area (Å²) in [5, 5.41) is 12.2. The maximum atomic E-state index is 12.2. The summed E-state index contributed by atoms with van der Waals surface area (Å²) in [6, 6.07) is -0.615. The van der Waals surface area contributed by atoms with Gasteiger partial charge in [0, 0.05) is 13.0 Å². The summed E-state index contributed by atoms with van der Waals surface area (Å²) in [5.41, 5.74) is 0. The SMILES string of the molecule is CC[C@H](C(=O)N[C@H](CO)CC(C)C)N1CCCC1=O. The molecule has 0 aliphatic carbocycles. The highest BCUT2D eigenvalue weighted by atomic mass is 16.3. The van der Waals surface area contributed by atoms with E-state index in [4.69, 9.17) is 0 Å².